The lowest BCUT2D eigenvalue weighted by molar-refractivity contribution is -0.705. The van der Waals surface area contributed by atoms with Crippen molar-refractivity contribution in [1.29, 1.82) is 0 Å². The number of aryl methyl sites for hydroxylation is 1. The van der Waals surface area contributed by atoms with E-state index in [0.29, 0.717) is 17.0 Å². The molecule has 29 heavy (non-hydrogen) atoms. The van der Waals surface area contributed by atoms with Gasteiger partial charge >= 0.3 is 0 Å². The topological polar surface area (TPSA) is 55.3 Å². The number of benzene rings is 2. The predicted molar refractivity (Wildman–Crippen MR) is 114 cm³/mol. The maximum Gasteiger partial charge on any atom is 0.293 e. The second kappa shape index (κ2) is 7.95. The maximum atomic E-state index is 12.9. The summed E-state index contributed by atoms with van der Waals surface area (Å²) in [6.07, 6.45) is 6.05. The van der Waals surface area contributed by atoms with Gasteiger partial charge in [0.2, 0.25) is 6.04 Å². The molecule has 5 nitrogen and oxygen atoms in total. The molecule has 4 rings (SSSR count). The smallest absolute Gasteiger partial charge is 0.293 e. The van der Waals surface area contributed by atoms with Crippen molar-refractivity contribution in [3.05, 3.63) is 66.5 Å². The van der Waals surface area contributed by atoms with E-state index in [9.17, 15) is 4.79 Å². The Hall–Kier alpha value is -3.34. The summed E-state index contributed by atoms with van der Waals surface area (Å²) in [5.41, 5.74) is 3.39. The number of nitrogens with one attached hydrogen (secondary N) is 1. The second-order valence-electron chi connectivity index (χ2n) is 7.22. The second-order valence-corrected chi connectivity index (χ2v) is 7.22. The number of carbonyl (C=O) groups excluding carboxylic acids is 1. The van der Waals surface area contributed by atoms with Crippen LogP contribution in [0.2, 0.25) is 0 Å². The van der Waals surface area contributed by atoms with Crippen molar-refractivity contribution < 1.29 is 18.5 Å². The summed E-state index contributed by atoms with van der Waals surface area (Å²) in [5, 5.41) is 4.98. The number of ether oxygens (including phenoxy) is 1. The van der Waals surface area contributed by atoms with Crippen LogP contribution in [0, 0.1) is 0 Å². The summed E-state index contributed by atoms with van der Waals surface area (Å²) < 4.78 is 13.4. The SMILES string of the molecule is CCCc1cc[n+]([C@@H](C)C(=O)Nc2cc3oc4ccccc4c3cc2OC)cc1. The zero-order valence-electron chi connectivity index (χ0n) is 16.9. The number of methoxy groups -OCH3 is 1. The molecule has 2 heterocycles. The molecule has 0 spiro atoms. The van der Waals surface area contributed by atoms with E-state index in [-0.39, 0.29) is 11.9 Å². The molecule has 0 fully saturated rings. The summed E-state index contributed by atoms with van der Waals surface area (Å²) >= 11 is 0. The molecule has 0 saturated carbocycles. The molecule has 1 atom stereocenters. The van der Waals surface area contributed by atoms with Gasteiger partial charge in [-0.05, 0) is 24.1 Å². The minimum Gasteiger partial charge on any atom is -0.495 e. The number of rotatable bonds is 6. The first-order chi connectivity index (χ1) is 14.1. The molecular weight excluding hydrogens is 364 g/mol. The minimum atomic E-state index is -0.359. The first-order valence-corrected chi connectivity index (χ1v) is 9.90. The fourth-order valence-electron chi connectivity index (χ4n) is 3.57. The van der Waals surface area contributed by atoms with Crippen LogP contribution in [-0.2, 0) is 11.2 Å². The van der Waals surface area contributed by atoms with Crippen molar-refractivity contribution in [2.45, 2.75) is 32.7 Å². The Kier molecular flexibility index (Phi) is 5.21. The highest BCUT2D eigenvalue weighted by Crippen LogP contribution is 2.36. The molecule has 1 N–H and O–H groups in total. The minimum absolute atomic E-state index is 0.119. The zero-order valence-corrected chi connectivity index (χ0v) is 16.9. The molecule has 4 aromatic rings. The van der Waals surface area contributed by atoms with E-state index >= 15 is 0 Å². The van der Waals surface area contributed by atoms with Gasteiger partial charge in [0.15, 0.2) is 12.4 Å². The number of para-hydroxylation sites is 1. The summed E-state index contributed by atoms with van der Waals surface area (Å²) in [6.45, 7) is 4.03. The van der Waals surface area contributed by atoms with Crippen molar-refractivity contribution in [1.82, 2.24) is 0 Å². The Bertz CT molecular complexity index is 1160. The number of amides is 1. The fourth-order valence-corrected chi connectivity index (χ4v) is 3.57. The number of carbonyl (C=O) groups is 1. The van der Waals surface area contributed by atoms with Gasteiger partial charge in [0.1, 0.15) is 16.9 Å². The predicted octanol–water partition coefficient (Wildman–Crippen LogP) is 5.03. The normalized spacial score (nSPS) is 12.2. The van der Waals surface area contributed by atoms with Crippen LogP contribution in [0.1, 0.15) is 31.9 Å². The van der Waals surface area contributed by atoms with Crippen molar-refractivity contribution in [2.75, 3.05) is 12.4 Å². The Labute approximate surface area is 169 Å². The molecule has 5 heteroatoms. The highest BCUT2D eigenvalue weighted by molar-refractivity contribution is 6.07. The monoisotopic (exact) mass is 389 g/mol. The molecule has 0 unspecified atom stereocenters. The van der Waals surface area contributed by atoms with E-state index in [1.54, 1.807) is 7.11 Å². The van der Waals surface area contributed by atoms with Crippen LogP contribution >= 0.6 is 0 Å². The van der Waals surface area contributed by atoms with Gasteiger partial charge in [-0.2, -0.15) is 4.57 Å². The first-order valence-electron chi connectivity index (χ1n) is 9.90. The average molecular weight is 389 g/mol. The zero-order chi connectivity index (χ0) is 20.4. The molecule has 0 radical (unpaired) electrons. The van der Waals surface area contributed by atoms with Gasteiger partial charge in [0, 0.05) is 35.9 Å². The standard InChI is InChI=1S/C24H24N2O3/c1-4-7-17-10-12-26(13-11-17)16(2)24(27)25-20-15-22-19(14-23(20)28-3)18-8-5-6-9-21(18)29-22/h5-6,8-16H,4,7H2,1-3H3/p+1/t16-/m0/s1. The third-order valence-electron chi connectivity index (χ3n) is 5.24. The number of fused-ring (bicyclic) bond motifs is 3. The third-order valence-corrected chi connectivity index (χ3v) is 5.24. The average Bonchev–Trinajstić information content (AvgIpc) is 3.10. The van der Waals surface area contributed by atoms with Gasteiger partial charge in [0.05, 0.1) is 12.8 Å². The van der Waals surface area contributed by atoms with Crippen LogP contribution < -0.4 is 14.6 Å². The van der Waals surface area contributed by atoms with Crippen LogP contribution in [0.5, 0.6) is 5.75 Å². The van der Waals surface area contributed by atoms with Gasteiger partial charge in [-0.3, -0.25) is 4.79 Å². The van der Waals surface area contributed by atoms with Crippen molar-refractivity contribution in [3.8, 4) is 5.75 Å². The van der Waals surface area contributed by atoms with Crippen LogP contribution in [0.25, 0.3) is 21.9 Å². The van der Waals surface area contributed by atoms with Crippen molar-refractivity contribution >= 4 is 33.5 Å². The summed E-state index contributed by atoms with van der Waals surface area (Å²) in [7, 11) is 1.60. The quantitative estimate of drug-likeness (QED) is 0.470. The number of anilines is 1. The number of furan rings is 1. The van der Waals surface area contributed by atoms with Crippen molar-refractivity contribution in [2.24, 2.45) is 0 Å². The van der Waals surface area contributed by atoms with Crippen LogP contribution in [0.15, 0.2) is 65.3 Å². The lowest BCUT2D eigenvalue weighted by Gasteiger charge is -2.12. The summed E-state index contributed by atoms with van der Waals surface area (Å²) in [4.78, 5) is 12.9. The lowest BCUT2D eigenvalue weighted by Crippen LogP contribution is -2.44. The summed E-state index contributed by atoms with van der Waals surface area (Å²) in [5.74, 6) is 0.486. The van der Waals surface area contributed by atoms with E-state index in [1.165, 1.54) is 5.56 Å². The number of aromatic nitrogens is 1. The highest BCUT2D eigenvalue weighted by Gasteiger charge is 2.23. The molecule has 0 aliphatic rings. The Balaban J connectivity index is 1.62. The number of nitrogens with zero attached hydrogens (tertiary/aromatic N) is 1. The lowest BCUT2D eigenvalue weighted by atomic mass is 10.1. The number of hydrogen-bond donors (Lipinski definition) is 1. The van der Waals surface area contributed by atoms with Gasteiger partial charge in [-0.15, -0.1) is 0 Å². The van der Waals surface area contributed by atoms with Crippen LogP contribution in [-0.4, -0.2) is 13.0 Å². The molecule has 0 aliphatic carbocycles. The van der Waals surface area contributed by atoms with E-state index in [4.69, 9.17) is 9.15 Å². The third kappa shape index (κ3) is 3.68. The van der Waals surface area contributed by atoms with Crippen LogP contribution in [0.4, 0.5) is 5.69 Å². The molecule has 2 aromatic carbocycles. The molecule has 1 amide bonds. The van der Waals surface area contributed by atoms with Crippen molar-refractivity contribution in [3.63, 3.8) is 0 Å². The van der Waals surface area contributed by atoms with Gasteiger partial charge in [-0.25, -0.2) is 0 Å². The van der Waals surface area contributed by atoms with Gasteiger partial charge in [0.25, 0.3) is 5.91 Å². The Morgan fingerprint density at radius 2 is 1.86 bits per heavy atom. The molecule has 148 valence electrons. The fraction of sp³-hybridized carbons (Fsp3) is 0.250. The number of hydrogen-bond acceptors (Lipinski definition) is 3. The molecule has 0 aliphatic heterocycles. The van der Waals surface area contributed by atoms with Gasteiger partial charge in [-0.1, -0.05) is 31.5 Å². The molecule has 0 bridgehead atoms. The van der Waals surface area contributed by atoms with Crippen LogP contribution in [0.3, 0.4) is 0 Å². The molecule has 2 aromatic heterocycles. The van der Waals surface area contributed by atoms with Gasteiger partial charge < -0.3 is 14.5 Å². The van der Waals surface area contributed by atoms with E-state index in [0.717, 1.165) is 29.2 Å². The largest absolute Gasteiger partial charge is 0.495 e. The highest BCUT2D eigenvalue weighted by atomic mass is 16.5. The van der Waals surface area contributed by atoms with E-state index < -0.39 is 0 Å². The molecular formula is C24H25N2O3+. The first kappa shape index (κ1) is 19.0. The Morgan fingerprint density at radius 3 is 2.59 bits per heavy atom. The Morgan fingerprint density at radius 1 is 1.10 bits per heavy atom. The van der Waals surface area contributed by atoms with E-state index in [2.05, 4.69) is 24.4 Å². The van der Waals surface area contributed by atoms with E-state index in [1.807, 2.05) is 60.3 Å². The maximum absolute atomic E-state index is 12.9. The number of pyridine rings is 1. The summed E-state index contributed by atoms with van der Waals surface area (Å²) in [6, 6.07) is 15.4. The molecule has 0 saturated heterocycles.